The van der Waals surface area contributed by atoms with E-state index in [2.05, 4.69) is 50.2 Å². The van der Waals surface area contributed by atoms with Crippen LogP contribution in [0.15, 0.2) is 48.5 Å². The van der Waals surface area contributed by atoms with Crippen LogP contribution in [0.4, 0.5) is 0 Å². The third-order valence-electron chi connectivity index (χ3n) is 4.15. The summed E-state index contributed by atoms with van der Waals surface area (Å²) >= 11 is 0. The molecule has 2 heteroatoms. The molecule has 0 aliphatic heterocycles. The number of hydrogen-bond donors (Lipinski definition) is 1. The van der Waals surface area contributed by atoms with E-state index in [9.17, 15) is 0 Å². The minimum absolute atomic E-state index is 0.459. The van der Waals surface area contributed by atoms with Crippen molar-refractivity contribution in [3.63, 3.8) is 0 Å². The molecule has 0 saturated carbocycles. The molecule has 0 heterocycles. The smallest absolute Gasteiger partial charge is 0.119 e. The van der Waals surface area contributed by atoms with Crippen LogP contribution in [0, 0.1) is 13.8 Å². The van der Waals surface area contributed by atoms with Crippen molar-refractivity contribution in [2.24, 2.45) is 5.73 Å². The van der Waals surface area contributed by atoms with Gasteiger partial charge in [0.25, 0.3) is 0 Å². The number of aryl methyl sites for hydroxylation is 2. The maximum Gasteiger partial charge on any atom is 0.119 e. The fraction of sp³-hybridized carbons (Fsp3) is 0.400. The minimum atomic E-state index is 0.459. The highest BCUT2D eigenvalue weighted by molar-refractivity contribution is 5.29. The molecule has 0 spiro atoms. The summed E-state index contributed by atoms with van der Waals surface area (Å²) in [6, 6.07) is 16.8. The molecule has 0 aliphatic carbocycles. The van der Waals surface area contributed by atoms with Crippen LogP contribution < -0.4 is 10.5 Å². The van der Waals surface area contributed by atoms with Crippen molar-refractivity contribution in [3.8, 4) is 5.75 Å². The highest BCUT2D eigenvalue weighted by Crippen LogP contribution is 2.24. The van der Waals surface area contributed by atoms with E-state index in [0.29, 0.717) is 12.5 Å². The Balaban J connectivity index is 1.73. The fourth-order valence-electron chi connectivity index (χ4n) is 2.76. The van der Waals surface area contributed by atoms with Crippen LogP contribution >= 0.6 is 0 Å². The van der Waals surface area contributed by atoms with Crippen LogP contribution in [-0.4, -0.2) is 13.2 Å². The summed E-state index contributed by atoms with van der Waals surface area (Å²) in [6.45, 7) is 5.73. The van der Waals surface area contributed by atoms with Crippen molar-refractivity contribution in [1.82, 2.24) is 0 Å². The van der Waals surface area contributed by atoms with Crippen LogP contribution in [0.3, 0.4) is 0 Å². The van der Waals surface area contributed by atoms with Gasteiger partial charge in [0, 0.05) is 0 Å². The third kappa shape index (κ3) is 4.88. The van der Waals surface area contributed by atoms with Crippen LogP contribution in [-0.2, 0) is 0 Å². The first-order valence-corrected chi connectivity index (χ1v) is 8.15. The SMILES string of the molecule is Cc1ccc(OCCCCC(CN)c2ccccc2C)cc1. The molecule has 0 amide bonds. The summed E-state index contributed by atoms with van der Waals surface area (Å²) in [5.41, 5.74) is 9.96. The molecule has 0 aromatic heterocycles. The molecule has 0 aliphatic rings. The quantitative estimate of drug-likeness (QED) is 0.723. The standard InChI is InChI=1S/C20H27NO/c1-16-10-12-19(13-11-16)22-14-6-5-8-18(15-21)20-9-4-3-7-17(20)2/h3-4,7,9-13,18H,5-6,8,14-15,21H2,1-2H3. The monoisotopic (exact) mass is 297 g/mol. The molecule has 2 aromatic carbocycles. The molecule has 118 valence electrons. The van der Waals surface area contributed by atoms with Gasteiger partial charge in [-0.1, -0.05) is 42.0 Å². The lowest BCUT2D eigenvalue weighted by molar-refractivity contribution is 0.303. The number of nitrogens with two attached hydrogens (primary N) is 1. The number of ether oxygens (including phenoxy) is 1. The molecule has 2 N–H and O–H groups in total. The minimum Gasteiger partial charge on any atom is -0.494 e. The molecule has 1 unspecified atom stereocenters. The molecule has 2 nitrogen and oxygen atoms in total. The lowest BCUT2D eigenvalue weighted by Crippen LogP contribution is -2.14. The summed E-state index contributed by atoms with van der Waals surface area (Å²) < 4.78 is 5.77. The van der Waals surface area contributed by atoms with E-state index >= 15 is 0 Å². The molecule has 0 saturated heterocycles. The predicted molar refractivity (Wildman–Crippen MR) is 93.5 cm³/mol. The van der Waals surface area contributed by atoms with E-state index < -0.39 is 0 Å². The second kappa shape index (κ2) is 8.60. The Kier molecular flexibility index (Phi) is 6.47. The number of benzene rings is 2. The van der Waals surface area contributed by atoms with Crippen LogP contribution in [0.5, 0.6) is 5.75 Å². The Morgan fingerprint density at radius 1 is 0.955 bits per heavy atom. The van der Waals surface area contributed by atoms with E-state index in [-0.39, 0.29) is 0 Å². The normalized spacial score (nSPS) is 12.1. The molecule has 0 radical (unpaired) electrons. The molecule has 2 aromatic rings. The fourth-order valence-corrected chi connectivity index (χ4v) is 2.76. The van der Waals surface area contributed by atoms with Crippen LogP contribution in [0.1, 0.15) is 41.9 Å². The zero-order valence-electron chi connectivity index (χ0n) is 13.7. The Hall–Kier alpha value is -1.80. The Bertz CT molecular complexity index is 562. The zero-order valence-corrected chi connectivity index (χ0v) is 13.7. The van der Waals surface area contributed by atoms with E-state index in [1.54, 1.807) is 0 Å². The van der Waals surface area contributed by atoms with Crippen molar-refractivity contribution in [1.29, 1.82) is 0 Å². The Labute approximate surface area is 134 Å². The first-order chi connectivity index (χ1) is 10.7. The van der Waals surface area contributed by atoms with Gasteiger partial charge < -0.3 is 10.5 Å². The van der Waals surface area contributed by atoms with Gasteiger partial charge in [0.05, 0.1) is 6.61 Å². The summed E-state index contributed by atoms with van der Waals surface area (Å²) in [6.07, 6.45) is 3.33. The molecular formula is C20H27NO. The largest absolute Gasteiger partial charge is 0.494 e. The maximum atomic E-state index is 5.96. The van der Waals surface area contributed by atoms with Gasteiger partial charge in [0.1, 0.15) is 5.75 Å². The van der Waals surface area contributed by atoms with Gasteiger partial charge in [-0.3, -0.25) is 0 Å². The second-order valence-electron chi connectivity index (χ2n) is 5.95. The molecule has 2 rings (SSSR count). The predicted octanol–water partition coefficient (Wildman–Crippen LogP) is 4.60. The van der Waals surface area contributed by atoms with Gasteiger partial charge in [-0.25, -0.2) is 0 Å². The van der Waals surface area contributed by atoms with Gasteiger partial charge in [0.15, 0.2) is 0 Å². The first-order valence-electron chi connectivity index (χ1n) is 8.15. The topological polar surface area (TPSA) is 35.2 Å². The van der Waals surface area contributed by atoms with Crippen molar-refractivity contribution in [3.05, 3.63) is 65.2 Å². The first kappa shape index (κ1) is 16.6. The van der Waals surface area contributed by atoms with E-state index in [1.165, 1.54) is 16.7 Å². The maximum absolute atomic E-state index is 5.96. The van der Waals surface area contributed by atoms with Gasteiger partial charge in [-0.05, 0) is 68.8 Å². The van der Waals surface area contributed by atoms with Gasteiger partial charge in [0.2, 0.25) is 0 Å². The van der Waals surface area contributed by atoms with Gasteiger partial charge in [-0.2, -0.15) is 0 Å². The van der Waals surface area contributed by atoms with E-state index in [0.717, 1.165) is 31.6 Å². The average Bonchev–Trinajstić information content (AvgIpc) is 2.54. The Morgan fingerprint density at radius 3 is 2.36 bits per heavy atom. The lowest BCUT2D eigenvalue weighted by atomic mass is 9.90. The second-order valence-corrected chi connectivity index (χ2v) is 5.95. The van der Waals surface area contributed by atoms with Crippen molar-refractivity contribution in [2.45, 2.75) is 39.0 Å². The Morgan fingerprint density at radius 2 is 1.68 bits per heavy atom. The summed E-state index contributed by atoms with van der Waals surface area (Å²) in [5, 5.41) is 0. The van der Waals surface area contributed by atoms with Crippen LogP contribution in [0.2, 0.25) is 0 Å². The van der Waals surface area contributed by atoms with Crippen molar-refractivity contribution in [2.75, 3.05) is 13.2 Å². The molecule has 0 bridgehead atoms. The van der Waals surface area contributed by atoms with Gasteiger partial charge >= 0.3 is 0 Å². The highest BCUT2D eigenvalue weighted by Gasteiger charge is 2.11. The van der Waals surface area contributed by atoms with E-state index in [4.69, 9.17) is 10.5 Å². The summed E-state index contributed by atoms with van der Waals surface area (Å²) in [7, 11) is 0. The molecule has 0 fully saturated rings. The molecule has 1 atom stereocenters. The number of rotatable bonds is 8. The zero-order chi connectivity index (χ0) is 15.8. The van der Waals surface area contributed by atoms with E-state index in [1.807, 2.05) is 12.1 Å². The lowest BCUT2D eigenvalue weighted by Gasteiger charge is -2.17. The summed E-state index contributed by atoms with van der Waals surface area (Å²) in [4.78, 5) is 0. The van der Waals surface area contributed by atoms with Gasteiger partial charge in [-0.15, -0.1) is 0 Å². The summed E-state index contributed by atoms with van der Waals surface area (Å²) in [5.74, 6) is 1.42. The molecular weight excluding hydrogens is 270 g/mol. The molecule has 22 heavy (non-hydrogen) atoms. The van der Waals surface area contributed by atoms with Crippen molar-refractivity contribution < 1.29 is 4.74 Å². The highest BCUT2D eigenvalue weighted by atomic mass is 16.5. The number of hydrogen-bond acceptors (Lipinski definition) is 2. The van der Waals surface area contributed by atoms with Crippen LogP contribution in [0.25, 0.3) is 0 Å². The number of unbranched alkanes of at least 4 members (excludes halogenated alkanes) is 1. The third-order valence-corrected chi connectivity index (χ3v) is 4.15. The average molecular weight is 297 g/mol. The van der Waals surface area contributed by atoms with Crippen molar-refractivity contribution >= 4 is 0 Å².